The lowest BCUT2D eigenvalue weighted by atomic mass is 10.1. The van der Waals surface area contributed by atoms with Gasteiger partial charge in [-0.3, -0.25) is 4.79 Å². The van der Waals surface area contributed by atoms with E-state index in [1.54, 1.807) is 30.2 Å². The van der Waals surface area contributed by atoms with Crippen LogP contribution in [0.2, 0.25) is 0 Å². The van der Waals surface area contributed by atoms with E-state index in [1.807, 2.05) is 30.3 Å². The lowest BCUT2D eigenvalue weighted by molar-refractivity contribution is 0.0302. The minimum atomic E-state index is -0.0529. The largest absolute Gasteiger partial charge is 0.493 e. The van der Waals surface area contributed by atoms with Crippen LogP contribution in [-0.4, -0.2) is 53.6 Å². The molecule has 2 heterocycles. The van der Waals surface area contributed by atoms with Gasteiger partial charge in [0.2, 0.25) is 0 Å². The summed E-state index contributed by atoms with van der Waals surface area (Å²) in [6, 6.07) is 15.2. The van der Waals surface area contributed by atoms with E-state index in [4.69, 9.17) is 14.2 Å². The molecule has 1 aromatic heterocycles. The van der Waals surface area contributed by atoms with Crippen LogP contribution in [0.1, 0.15) is 21.7 Å². The van der Waals surface area contributed by atoms with E-state index < -0.39 is 0 Å². The normalized spacial score (nSPS) is 13.9. The minimum absolute atomic E-state index is 0.0529. The smallest absolute Gasteiger partial charge is 0.298 e. The van der Waals surface area contributed by atoms with Gasteiger partial charge < -0.3 is 19.1 Å². The number of benzene rings is 2. The van der Waals surface area contributed by atoms with Crippen molar-refractivity contribution in [2.24, 2.45) is 0 Å². The maximum absolute atomic E-state index is 12.8. The van der Waals surface area contributed by atoms with E-state index in [9.17, 15) is 4.79 Å². The monoisotopic (exact) mass is 411 g/mol. The molecule has 0 N–H and O–H groups in total. The number of carbonyl (C=O) groups is 1. The van der Waals surface area contributed by atoms with Crippen LogP contribution in [0.4, 0.5) is 0 Å². The summed E-state index contributed by atoms with van der Waals surface area (Å²) in [4.78, 5) is 19.0. The number of morpholine rings is 1. The first kappa shape index (κ1) is 19.4. The van der Waals surface area contributed by atoms with Crippen molar-refractivity contribution < 1.29 is 19.0 Å². The van der Waals surface area contributed by atoms with Gasteiger partial charge in [-0.05, 0) is 23.8 Å². The van der Waals surface area contributed by atoms with Crippen LogP contribution in [-0.2, 0) is 11.2 Å². The number of nitrogens with zero attached hydrogens (tertiary/aromatic N) is 3. The summed E-state index contributed by atoms with van der Waals surface area (Å²) in [5.74, 6) is 1.61. The van der Waals surface area contributed by atoms with Crippen LogP contribution in [0.3, 0.4) is 0 Å². The van der Waals surface area contributed by atoms with Crippen molar-refractivity contribution in [2.75, 3.05) is 33.4 Å². The molecule has 4 rings (SSSR count). The predicted octanol–water partition coefficient (Wildman–Crippen LogP) is 3.40. The van der Waals surface area contributed by atoms with Crippen molar-refractivity contribution in [3.8, 4) is 16.7 Å². The fourth-order valence-electron chi connectivity index (χ4n) is 3.06. The Bertz CT molecular complexity index is 971. The molecule has 1 saturated heterocycles. The second-order valence-electron chi connectivity index (χ2n) is 6.51. The van der Waals surface area contributed by atoms with E-state index in [1.165, 1.54) is 11.5 Å². The number of ether oxygens (including phenoxy) is 3. The highest BCUT2D eigenvalue weighted by atomic mass is 32.1. The summed E-state index contributed by atoms with van der Waals surface area (Å²) in [5.41, 5.74) is 1.67. The summed E-state index contributed by atoms with van der Waals surface area (Å²) >= 11 is 1.17. The molecule has 0 unspecified atom stereocenters. The van der Waals surface area contributed by atoms with E-state index in [-0.39, 0.29) is 5.91 Å². The van der Waals surface area contributed by atoms with Crippen LogP contribution in [0.15, 0.2) is 48.5 Å². The van der Waals surface area contributed by atoms with E-state index in [0.717, 1.165) is 5.56 Å². The Morgan fingerprint density at radius 1 is 1.14 bits per heavy atom. The first-order chi connectivity index (χ1) is 14.2. The van der Waals surface area contributed by atoms with E-state index >= 15 is 0 Å². The summed E-state index contributed by atoms with van der Waals surface area (Å²) in [6.07, 6.45) is 0.632. The Morgan fingerprint density at radius 2 is 1.93 bits per heavy atom. The van der Waals surface area contributed by atoms with Crippen LogP contribution in [0.5, 0.6) is 16.7 Å². The molecule has 0 radical (unpaired) electrons. The maximum atomic E-state index is 12.8. The Kier molecular flexibility index (Phi) is 6.02. The fraction of sp³-hybridized carbons (Fsp3) is 0.286. The topological polar surface area (TPSA) is 73.8 Å². The summed E-state index contributed by atoms with van der Waals surface area (Å²) in [6.45, 7) is 2.28. The standard InChI is InChI=1S/C21H21N3O4S/c1-26-17-8-7-16(20(25)24-9-11-27-12-10-24)14-18(17)28-21-22-19(23-29-21)13-15-5-3-2-4-6-15/h2-8,14H,9-13H2,1H3. The van der Waals surface area contributed by atoms with Gasteiger partial charge in [0.25, 0.3) is 11.1 Å². The van der Waals surface area contributed by atoms with Crippen LogP contribution in [0.25, 0.3) is 0 Å². The lowest BCUT2D eigenvalue weighted by Crippen LogP contribution is -2.40. The Balaban J connectivity index is 1.51. The second kappa shape index (κ2) is 9.02. The van der Waals surface area contributed by atoms with Crippen LogP contribution >= 0.6 is 11.5 Å². The summed E-state index contributed by atoms with van der Waals surface area (Å²) in [5, 5.41) is 0.408. The highest BCUT2D eigenvalue weighted by molar-refractivity contribution is 7.07. The number of rotatable bonds is 6. The lowest BCUT2D eigenvalue weighted by Gasteiger charge is -2.27. The van der Waals surface area contributed by atoms with Gasteiger partial charge in [-0.15, -0.1) is 0 Å². The second-order valence-corrected chi connectivity index (χ2v) is 7.23. The fourth-order valence-corrected chi connectivity index (χ4v) is 3.62. The average Bonchev–Trinajstić information content (AvgIpc) is 3.21. The molecule has 1 amide bonds. The van der Waals surface area contributed by atoms with Crippen molar-refractivity contribution in [1.82, 2.24) is 14.3 Å². The zero-order valence-electron chi connectivity index (χ0n) is 16.0. The quantitative estimate of drug-likeness (QED) is 0.619. The molecule has 0 saturated carbocycles. The van der Waals surface area contributed by atoms with Gasteiger partial charge in [0, 0.05) is 36.6 Å². The predicted molar refractivity (Wildman–Crippen MR) is 109 cm³/mol. The molecule has 7 nitrogen and oxygen atoms in total. The first-order valence-electron chi connectivity index (χ1n) is 9.32. The molecule has 0 aliphatic carbocycles. The molecule has 8 heteroatoms. The molecule has 3 aromatic rings. The number of hydrogen-bond donors (Lipinski definition) is 0. The van der Waals surface area contributed by atoms with Gasteiger partial charge >= 0.3 is 0 Å². The highest BCUT2D eigenvalue weighted by Crippen LogP contribution is 2.33. The zero-order valence-corrected chi connectivity index (χ0v) is 16.9. The molecule has 1 aliphatic heterocycles. The summed E-state index contributed by atoms with van der Waals surface area (Å²) in [7, 11) is 1.56. The molecule has 2 aromatic carbocycles. The minimum Gasteiger partial charge on any atom is -0.493 e. The van der Waals surface area contributed by atoms with Crippen LogP contribution in [0, 0.1) is 0 Å². The third kappa shape index (κ3) is 4.72. The molecule has 0 spiro atoms. The van der Waals surface area contributed by atoms with Crippen molar-refractivity contribution in [2.45, 2.75) is 6.42 Å². The molecule has 0 bridgehead atoms. The van der Waals surface area contributed by atoms with E-state index in [0.29, 0.717) is 60.8 Å². The third-order valence-electron chi connectivity index (χ3n) is 4.56. The summed E-state index contributed by atoms with van der Waals surface area (Å²) < 4.78 is 21.0. The Morgan fingerprint density at radius 3 is 2.69 bits per heavy atom. The van der Waals surface area contributed by atoms with Crippen molar-refractivity contribution in [3.63, 3.8) is 0 Å². The molecule has 150 valence electrons. The SMILES string of the molecule is COc1ccc(C(=O)N2CCOCC2)cc1Oc1nc(Cc2ccccc2)ns1. The first-order valence-corrected chi connectivity index (χ1v) is 10.1. The van der Waals surface area contributed by atoms with Gasteiger partial charge in [0.1, 0.15) is 0 Å². The van der Waals surface area contributed by atoms with Gasteiger partial charge in [-0.2, -0.15) is 9.36 Å². The van der Waals surface area contributed by atoms with Crippen molar-refractivity contribution in [1.29, 1.82) is 0 Å². The zero-order chi connectivity index (χ0) is 20.1. The third-order valence-corrected chi connectivity index (χ3v) is 5.19. The maximum Gasteiger partial charge on any atom is 0.298 e. The Hall–Kier alpha value is -2.97. The number of methoxy groups -OCH3 is 1. The van der Waals surface area contributed by atoms with E-state index in [2.05, 4.69) is 9.36 Å². The Labute approximate surface area is 173 Å². The number of carbonyl (C=O) groups excluding carboxylic acids is 1. The van der Waals surface area contributed by atoms with Crippen LogP contribution < -0.4 is 9.47 Å². The number of aromatic nitrogens is 2. The number of hydrogen-bond acceptors (Lipinski definition) is 7. The molecule has 29 heavy (non-hydrogen) atoms. The van der Waals surface area contributed by atoms with Gasteiger partial charge in [0.15, 0.2) is 17.3 Å². The van der Waals surface area contributed by atoms with Crippen molar-refractivity contribution in [3.05, 3.63) is 65.5 Å². The highest BCUT2D eigenvalue weighted by Gasteiger charge is 2.20. The molecule has 1 aliphatic rings. The molecule has 0 atom stereocenters. The average molecular weight is 411 g/mol. The van der Waals surface area contributed by atoms with Gasteiger partial charge in [-0.25, -0.2) is 0 Å². The van der Waals surface area contributed by atoms with Crippen molar-refractivity contribution >= 4 is 17.4 Å². The molecular weight excluding hydrogens is 390 g/mol. The molecule has 1 fully saturated rings. The number of amides is 1. The molecular formula is C21H21N3O4S. The van der Waals surface area contributed by atoms with Gasteiger partial charge in [0.05, 0.1) is 20.3 Å². The van der Waals surface area contributed by atoms with Gasteiger partial charge in [-0.1, -0.05) is 30.3 Å².